The van der Waals surface area contributed by atoms with Gasteiger partial charge in [-0.3, -0.25) is 0 Å². The second kappa shape index (κ2) is 7.53. The minimum atomic E-state index is -1.24. The summed E-state index contributed by atoms with van der Waals surface area (Å²) in [7, 11) is 0. The van der Waals surface area contributed by atoms with Gasteiger partial charge in [0.15, 0.2) is 5.75 Å². The Balaban J connectivity index is 2.04. The summed E-state index contributed by atoms with van der Waals surface area (Å²) in [6.45, 7) is 0. The Kier molecular flexibility index (Phi) is 4.99. The number of carbonyl (C=O) groups is 2. The van der Waals surface area contributed by atoms with Crippen LogP contribution in [-0.4, -0.2) is 22.2 Å². The fourth-order valence-corrected chi connectivity index (χ4v) is 2.60. The van der Waals surface area contributed by atoms with Crippen LogP contribution in [0.3, 0.4) is 0 Å². The van der Waals surface area contributed by atoms with E-state index in [4.69, 9.17) is 4.74 Å². The fraction of sp³-hybridized carbons (Fsp3) is 0.0476. The third kappa shape index (κ3) is 3.72. The van der Waals surface area contributed by atoms with E-state index in [1.807, 2.05) is 30.3 Å². The molecule has 0 saturated heterocycles. The van der Waals surface area contributed by atoms with Gasteiger partial charge in [0, 0.05) is 12.0 Å². The van der Waals surface area contributed by atoms with Crippen LogP contribution in [0.25, 0.3) is 0 Å². The van der Waals surface area contributed by atoms with Crippen molar-refractivity contribution in [2.45, 2.75) is 6.42 Å². The average molecular weight is 348 g/mol. The van der Waals surface area contributed by atoms with Crippen molar-refractivity contribution in [2.75, 3.05) is 0 Å². The quantitative estimate of drug-likeness (QED) is 0.540. The molecule has 26 heavy (non-hydrogen) atoms. The Morgan fingerprint density at radius 3 is 2.08 bits per heavy atom. The smallest absolute Gasteiger partial charge is 0.343 e. The number of ether oxygens (including phenoxy) is 1. The summed E-state index contributed by atoms with van der Waals surface area (Å²) in [6.07, 6.45) is 0.227. The molecule has 0 heterocycles. The Bertz CT molecular complexity index is 933. The first-order valence-corrected chi connectivity index (χ1v) is 7.95. The molecule has 0 bridgehead atoms. The molecule has 3 aromatic rings. The number of hydrogen-bond acceptors (Lipinski definition) is 4. The molecule has 5 nitrogen and oxygen atoms in total. The molecular formula is C21H16O5. The van der Waals surface area contributed by atoms with Gasteiger partial charge in [-0.15, -0.1) is 0 Å². The molecule has 3 aromatic carbocycles. The van der Waals surface area contributed by atoms with E-state index in [1.165, 1.54) is 12.1 Å². The number of phenolic OH excluding ortho intramolecular Hbond substituents is 1. The molecule has 0 saturated carbocycles. The van der Waals surface area contributed by atoms with Crippen molar-refractivity contribution < 1.29 is 24.5 Å². The van der Waals surface area contributed by atoms with Gasteiger partial charge in [0.05, 0.1) is 5.56 Å². The Hall–Kier alpha value is -3.60. The summed E-state index contributed by atoms with van der Waals surface area (Å²) in [6, 6.07) is 20.0. The van der Waals surface area contributed by atoms with E-state index in [0.717, 1.165) is 5.56 Å². The van der Waals surface area contributed by atoms with Crippen LogP contribution in [0.5, 0.6) is 11.5 Å². The maximum Gasteiger partial charge on any atom is 0.343 e. The third-order valence-electron chi connectivity index (χ3n) is 3.89. The number of rotatable bonds is 5. The highest BCUT2D eigenvalue weighted by molar-refractivity contribution is 5.96. The van der Waals surface area contributed by atoms with Gasteiger partial charge >= 0.3 is 11.9 Å². The highest BCUT2D eigenvalue weighted by Gasteiger charge is 2.22. The van der Waals surface area contributed by atoms with Crippen molar-refractivity contribution in [3.63, 3.8) is 0 Å². The van der Waals surface area contributed by atoms with E-state index in [0.29, 0.717) is 0 Å². The van der Waals surface area contributed by atoms with Crippen molar-refractivity contribution in [2.24, 2.45) is 0 Å². The molecule has 0 aliphatic rings. The van der Waals surface area contributed by atoms with Gasteiger partial charge in [0.1, 0.15) is 11.3 Å². The molecule has 0 aromatic heterocycles. The number of hydrogen-bond donors (Lipinski definition) is 2. The van der Waals surface area contributed by atoms with Gasteiger partial charge in [-0.2, -0.15) is 0 Å². The third-order valence-corrected chi connectivity index (χ3v) is 3.89. The van der Waals surface area contributed by atoms with E-state index in [-0.39, 0.29) is 34.6 Å². The Morgan fingerprint density at radius 1 is 0.846 bits per heavy atom. The summed E-state index contributed by atoms with van der Waals surface area (Å²) in [5.41, 5.74) is 1.21. The topological polar surface area (TPSA) is 83.8 Å². The van der Waals surface area contributed by atoms with Crippen molar-refractivity contribution in [1.82, 2.24) is 0 Å². The lowest BCUT2D eigenvalue weighted by atomic mass is 10.00. The van der Waals surface area contributed by atoms with Gasteiger partial charge in [0.2, 0.25) is 0 Å². The molecule has 0 aliphatic heterocycles. The summed E-state index contributed by atoms with van der Waals surface area (Å²) in [4.78, 5) is 24.0. The lowest BCUT2D eigenvalue weighted by molar-refractivity contribution is 0.0680. The van der Waals surface area contributed by atoms with Crippen molar-refractivity contribution in [1.29, 1.82) is 0 Å². The number of carboxylic acid groups (broad SMARTS) is 1. The average Bonchev–Trinajstić information content (AvgIpc) is 2.66. The number of phenols is 1. The number of benzene rings is 3. The van der Waals surface area contributed by atoms with Crippen molar-refractivity contribution in [3.8, 4) is 11.5 Å². The second-order valence-electron chi connectivity index (χ2n) is 5.66. The van der Waals surface area contributed by atoms with E-state index in [9.17, 15) is 19.8 Å². The van der Waals surface area contributed by atoms with Crippen LogP contribution in [0.1, 0.15) is 31.8 Å². The molecule has 130 valence electrons. The normalized spacial score (nSPS) is 10.3. The Morgan fingerprint density at radius 2 is 1.46 bits per heavy atom. The number of aromatic carboxylic acids is 1. The number of esters is 1. The minimum Gasteiger partial charge on any atom is -0.508 e. The molecule has 0 radical (unpaired) electrons. The largest absolute Gasteiger partial charge is 0.508 e. The summed E-state index contributed by atoms with van der Waals surface area (Å²) in [5, 5.41) is 19.7. The molecule has 0 aliphatic carbocycles. The van der Waals surface area contributed by atoms with Crippen LogP contribution in [0.15, 0.2) is 72.8 Å². The predicted octanol–water partition coefficient (Wildman–Crippen LogP) is 3.90. The highest BCUT2D eigenvalue weighted by Crippen LogP contribution is 2.34. The van der Waals surface area contributed by atoms with Crippen LogP contribution < -0.4 is 4.74 Å². The number of aromatic hydroxyl groups is 1. The van der Waals surface area contributed by atoms with E-state index in [2.05, 4.69) is 0 Å². The molecule has 5 heteroatoms. The maximum absolute atomic E-state index is 12.4. The second-order valence-corrected chi connectivity index (χ2v) is 5.66. The van der Waals surface area contributed by atoms with Crippen molar-refractivity contribution in [3.05, 3.63) is 95.1 Å². The van der Waals surface area contributed by atoms with Gasteiger partial charge in [-0.05, 0) is 29.8 Å². The highest BCUT2D eigenvalue weighted by atomic mass is 16.5. The molecule has 0 spiro atoms. The fourth-order valence-electron chi connectivity index (χ4n) is 2.60. The van der Waals surface area contributed by atoms with Crippen LogP contribution in [0.2, 0.25) is 0 Å². The van der Waals surface area contributed by atoms with Gasteiger partial charge in [-0.25, -0.2) is 9.59 Å². The standard InChI is InChI=1S/C21H16O5/c22-18-12-11-16(20(23)24)19(17(18)13-14-7-3-1-4-8-14)26-21(25)15-9-5-2-6-10-15/h1-12,22H,13H2,(H,23,24). The lowest BCUT2D eigenvalue weighted by Crippen LogP contribution is -2.13. The van der Waals surface area contributed by atoms with Crippen LogP contribution >= 0.6 is 0 Å². The zero-order chi connectivity index (χ0) is 18.5. The number of carbonyl (C=O) groups excluding carboxylic acids is 1. The van der Waals surface area contributed by atoms with E-state index in [1.54, 1.807) is 30.3 Å². The minimum absolute atomic E-state index is 0.130. The molecule has 0 amide bonds. The first-order valence-electron chi connectivity index (χ1n) is 7.95. The molecule has 0 unspecified atom stereocenters. The first-order chi connectivity index (χ1) is 12.6. The van der Waals surface area contributed by atoms with Gasteiger partial charge in [0.25, 0.3) is 0 Å². The summed E-state index contributed by atoms with van der Waals surface area (Å²) >= 11 is 0. The predicted molar refractivity (Wildman–Crippen MR) is 95.7 cm³/mol. The summed E-state index contributed by atoms with van der Waals surface area (Å²) < 4.78 is 5.40. The first kappa shape index (κ1) is 17.2. The summed E-state index contributed by atoms with van der Waals surface area (Å²) in [5.74, 6) is -2.20. The van der Waals surface area contributed by atoms with Gasteiger partial charge < -0.3 is 14.9 Å². The van der Waals surface area contributed by atoms with Gasteiger partial charge in [-0.1, -0.05) is 48.5 Å². The molecule has 0 atom stereocenters. The van der Waals surface area contributed by atoms with Crippen molar-refractivity contribution >= 4 is 11.9 Å². The molecular weight excluding hydrogens is 332 g/mol. The molecule has 0 fully saturated rings. The number of carboxylic acids is 1. The lowest BCUT2D eigenvalue weighted by Gasteiger charge is -2.14. The monoisotopic (exact) mass is 348 g/mol. The molecule has 2 N–H and O–H groups in total. The Labute approximate surface area is 150 Å². The van der Waals surface area contributed by atoms with E-state index < -0.39 is 11.9 Å². The van der Waals surface area contributed by atoms with Crippen LogP contribution in [0.4, 0.5) is 0 Å². The zero-order valence-corrected chi connectivity index (χ0v) is 13.8. The van der Waals surface area contributed by atoms with Crippen LogP contribution in [-0.2, 0) is 6.42 Å². The van der Waals surface area contributed by atoms with Crippen LogP contribution in [0, 0.1) is 0 Å². The SMILES string of the molecule is O=C(Oc1c(C(=O)O)ccc(O)c1Cc1ccccc1)c1ccccc1. The zero-order valence-electron chi connectivity index (χ0n) is 13.8. The maximum atomic E-state index is 12.4. The van der Waals surface area contributed by atoms with E-state index >= 15 is 0 Å². The molecule has 3 rings (SSSR count).